The topological polar surface area (TPSA) is 32.3 Å². The number of carbonyl (C=O) groups excluding carboxylic acids is 1. The summed E-state index contributed by atoms with van der Waals surface area (Å²) in [7, 11) is 0. The fourth-order valence-corrected chi connectivity index (χ4v) is 4.38. The van der Waals surface area contributed by atoms with Crippen molar-refractivity contribution < 1.29 is 9.18 Å². The van der Waals surface area contributed by atoms with Gasteiger partial charge in [0.15, 0.2) is 0 Å². The molecule has 2 aromatic rings. The number of carbonyl (C=O) groups is 1. The van der Waals surface area contributed by atoms with Crippen molar-refractivity contribution in [2.24, 2.45) is 5.92 Å². The monoisotopic (exact) mass is 396 g/mol. The molecule has 0 unspecified atom stereocenters. The number of rotatable bonds is 8. The molecule has 1 heterocycles. The molecule has 1 aliphatic heterocycles. The number of benzene rings is 2. The molecule has 1 saturated heterocycles. The average Bonchev–Trinajstić information content (AvgIpc) is 2.77. The summed E-state index contributed by atoms with van der Waals surface area (Å²) in [6.07, 6.45) is 4.30. The molecule has 156 valence electrons. The Bertz CT molecular complexity index is 780. The third kappa shape index (κ3) is 5.45. The lowest BCUT2D eigenvalue weighted by Gasteiger charge is -2.37. The van der Waals surface area contributed by atoms with Crippen molar-refractivity contribution in [1.29, 1.82) is 0 Å². The van der Waals surface area contributed by atoms with Gasteiger partial charge in [0.2, 0.25) is 5.91 Å². The Morgan fingerprint density at radius 1 is 1.07 bits per heavy atom. The van der Waals surface area contributed by atoms with Crippen LogP contribution in [-0.4, -0.2) is 30.4 Å². The maximum Gasteiger partial charge on any atom is 0.223 e. The van der Waals surface area contributed by atoms with Gasteiger partial charge in [-0.05, 0) is 68.5 Å². The van der Waals surface area contributed by atoms with Gasteiger partial charge in [0.1, 0.15) is 5.82 Å². The molecule has 3 nitrogen and oxygen atoms in total. The molecular weight excluding hydrogens is 363 g/mol. The van der Waals surface area contributed by atoms with Gasteiger partial charge < -0.3 is 10.2 Å². The largest absolute Gasteiger partial charge is 0.346 e. The van der Waals surface area contributed by atoms with Crippen molar-refractivity contribution in [3.63, 3.8) is 0 Å². The summed E-state index contributed by atoms with van der Waals surface area (Å²) >= 11 is 0. The number of hydrogen-bond acceptors (Lipinski definition) is 2. The summed E-state index contributed by atoms with van der Waals surface area (Å²) in [4.78, 5) is 15.5. The minimum Gasteiger partial charge on any atom is -0.346 e. The van der Waals surface area contributed by atoms with Crippen LogP contribution in [-0.2, 0) is 16.8 Å². The van der Waals surface area contributed by atoms with Gasteiger partial charge in [0.05, 0.1) is 5.54 Å². The Morgan fingerprint density at radius 3 is 2.38 bits per heavy atom. The second kappa shape index (κ2) is 10.0. The van der Waals surface area contributed by atoms with E-state index in [2.05, 4.69) is 48.3 Å². The SMILES string of the molecule is CCC(CC)(NC(=O)C1CCN(CCc2ccccc2)CC1)c1cccc(F)c1. The smallest absolute Gasteiger partial charge is 0.223 e. The number of likely N-dealkylation sites (tertiary alicyclic amines) is 1. The molecule has 0 spiro atoms. The van der Waals surface area contributed by atoms with Crippen molar-refractivity contribution in [3.05, 3.63) is 71.5 Å². The first kappa shape index (κ1) is 21.5. The Labute approximate surface area is 174 Å². The molecular formula is C25H33FN2O. The fraction of sp³-hybridized carbons (Fsp3) is 0.480. The molecule has 29 heavy (non-hydrogen) atoms. The minimum absolute atomic E-state index is 0.0361. The lowest BCUT2D eigenvalue weighted by Crippen LogP contribution is -2.49. The van der Waals surface area contributed by atoms with E-state index >= 15 is 0 Å². The summed E-state index contributed by atoms with van der Waals surface area (Å²) in [5.41, 5.74) is 1.72. The maximum absolute atomic E-state index is 13.8. The molecule has 1 N–H and O–H groups in total. The zero-order valence-electron chi connectivity index (χ0n) is 17.7. The van der Waals surface area contributed by atoms with E-state index in [0.717, 1.165) is 57.3 Å². The predicted octanol–water partition coefficient (Wildman–Crippen LogP) is 4.91. The molecule has 0 radical (unpaired) electrons. The average molecular weight is 397 g/mol. The van der Waals surface area contributed by atoms with E-state index in [1.165, 1.54) is 11.6 Å². The third-order valence-corrected chi connectivity index (χ3v) is 6.46. The van der Waals surface area contributed by atoms with Crippen LogP contribution in [0.25, 0.3) is 0 Å². The summed E-state index contributed by atoms with van der Waals surface area (Å²) in [5.74, 6) is -0.107. The number of amides is 1. The van der Waals surface area contributed by atoms with E-state index in [1.807, 2.05) is 12.1 Å². The molecule has 1 amide bonds. The highest BCUT2D eigenvalue weighted by molar-refractivity contribution is 5.79. The lowest BCUT2D eigenvalue weighted by atomic mass is 9.83. The Hall–Kier alpha value is -2.20. The third-order valence-electron chi connectivity index (χ3n) is 6.46. The second-order valence-corrected chi connectivity index (χ2v) is 8.14. The number of hydrogen-bond donors (Lipinski definition) is 1. The fourth-order valence-electron chi connectivity index (χ4n) is 4.38. The normalized spacial score (nSPS) is 16.0. The maximum atomic E-state index is 13.8. The van der Waals surface area contributed by atoms with Gasteiger partial charge in [-0.25, -0.2) is 4.39 Å². The molecule has 0 aliphatic carbocycles. The van der Waals surface area contributed by atoms with Gasteiger partial charge in [-0.15, -0.1) is 0 Å². The zero-order chi connectivity index (χ0) is 20.7. The minimum atomic E-state index is -0.496. The van der Waals surface area contributed by atoms with Crippen LogP contribution < -0.4 is 5.32 Å². The summed E-state index contributed by atoms with van der Waals surface area (Å²) in [5, 5.41) is 3.29. The van der Waals surface area contributed by atoms with Crippen molar-refractivity contribution >= 4 is 5.91 Å². The van der Waals surface area contributed by atoms with Gasteiger partial charge in [0, 0.05) is 12.5 Å². The Kier molecular flexibility index (Phi) is 7.43. The molecule has 0 aromatic heterocycles. The van der Waals surface area contributed by atoms with E-state index in [9.17, 15) is 9.18 Å². The van der Waals surface area contributed by atoms with E-state index < -0.39 is 5.54 Å². The van der Waals surface area contributed by atoms with Gasteiger partial charge in [-0.2, -0.15) is 0 Å². The van der Waals surface area contributed by atoms with Gasteiger partial charge in [-0.1, -0.05) is 56.3 Å². The second-order valence-electron chi connectivity index (χ2n) is 8.14. The molecule has 1 aliphatic rings. The Morgan fingerprint density at radius 2 is 1.76 bits per heavy atom. The van der Waals surface area contributed by atoms with Gasteiger partial charge >= 0.3 is 0 Å². The van der Waals surface area contributed by atoms with Crippen LogP contribution in [0.4, 0.5) is 4.39 Å². The van der Waals surface area contributed by atoms with Crippen molar-refractivity contribution in [2.75, 3.05) is 19.6 Å². The zero-order valence-corrected chi connectivity index (χ0v) is 17.7. The highest BCUT2D eigenvalue weighted by Crippen LogP contribution is 2.30. The first-order valence-electron chi connectivity index (χ1n) is 10.9. The number of nitrogens with zero attached hydrogens (tertiary/aromatic N) is 1. The molecule has 1 fully saturated rings. The molecule has 2 aromatic carbocycles. The number of piperidine rings is 1. The van der Waals surface area contributed by atoms with E-state index in [1.54, 1.807) is 12.1 Å². The highest BCUT2D eigenvalue weighted by atomic mass is 19.1. The molecule has 4 heteroatoms. The standard InChI is InChI=1S/C25H33FN2O/c1-3-25(4-2,22-11-8-12-23(26)19-22)27-24(29)21-14-17-28(18-15-21)16-13-20-9-6-5-7-10-20/h5-12,19,21H,3-4,13-18H2,1-2H3,(H,27,29). The Balaban J connectivity index is 1.55. The predicted molar refractivity (Wildman–Crippen MR) is 116 cm³/mol. The summed E-state index contributed by atoms with van der Waals surface area (Å²) in [6, 6.07) is 17.2. The van der Waals surface area contributed by atoms with Crippen LogP contribution in [0, 0.1) is 11.7 Å². The van der Waals surface area contributed by atoms with Crippen LogP contribution >= 0.6 is 0 Å². The van der Waals surface area contributed by atoms with Gasteiger partial charge in [-0.3, -0.25) is 4.79 Å². The van der Waals surface area contributed by atoms with Crippen molar-refractivity contribution in [2.45, 2.75) is 51.5 Å². The number of nitrogens with one attached hydrogen (secondary N) is 1. The molecule has 0 saturated carbocycles. The van der Waals surface area contributed by atoms with Gasteiger partial charge in [0.25, 0.3) is 0 Å². The van der Waals surface area contributed by atoms with Crippen LogP contribution in [0.1, 0.15) is 50.7 Å². The van der Waals surface area contributed by atoms with Crippen molar-refractivity contribution in [3.8, 4) is 0 Å². The quantitative estimate of drug-likeness (QED) is 0.687. The lowest BCUT2D eigenvalue weighted by molar-refractivity contribution is -0.128. The van der Waals surface area contributed by atoms with Crippen molar-refractivity contribution in [1.82, 2.24) is 10.2 Å². The first-order chi connectivity index (χ1) is 14.1. The summed E-state index contributed by atoms with van der Waals surface area (Å²) < 4.78 is 13.8. The van der Waals surface area contributed by atoms with Crippen LogP contribution in [0.3, 0.4) is 0 Å². The highest BCUT2D eigenvalue weighted by Gasteiger charge is 2.34. The van der Waals surface area contributed by atoms with Crippen LogP contribution in [0.15, 0.2) is 54.6 Å². The van der Waals surface area contributed by atoms with E-state index in [0.29, 0.717) is 0 Å². The van der Waals surface area contributed by atoms with E-state index in [4.69, 9.17) is 0 Å². The molecule has 0 atom stereocenters. The van der Waals surface area contributed by atoms with E-state index in [-0.39, 0.29) is 17.6 Å². The summed E-state index contributed by atoms with van der Waals surface area (Å²) in [6.45, 7) is 7.06. The van der Waals surface area contributed by atoms with Crippen LogP contribution in [0.2, 0.25) is 0 Å². The molecule has 0 bridgehead atoms. The number of halogens is 1. The molecule has 3 rings (SSSR count). The van der Waals surface area contributed by atoms with Crippen LogP contribution in [0.5, 0.6) is 0 Å². The first-order valence-corrected chi connectivity index (χ1v) is 10.9.